The van der Waals surface area contributed by atoms with Crippen LogP contribution in [0.5, 0.6) is 5.75 Å². The summed E-state index contributed by atoms with van der Waals surface area (Å²) in [7, 11) is 0. The van der Waals surface area contributed by atoms with E-state index in [-0.39, 0.29) is 43.3 Å². The quantitative estimate of drug-likeness (QED) is 0.588. The van der Waals surface area contributed by atoms with Crippen LogP contribution in [-0.4, -0.2) is 53.7 Å². The summed E-state index contributed by atoms with van der Waals surface area (Å²) in [6.07, 6.45) is 0. The van der Waals surface area contributed by atoms with Crippen molar-refractivity contribution in [2.75, 3.05) is 26.4 Å². The third kappa shape index (κ3) is 4.23. The maximum absolute atomic E-state index is 11.0. The van der Waals surface area contributed by atoms with Crippen molar-refractivity contribution in [3.05, 3.63) is 29.3 Å². The zero-order valence-corrected chi connectivity index (χ0v) is 10.0. The number of hydrogen-bond donors (Lipinski definition) is 3. The van der Waals surface area contributed by atoms with Crippen LogP contribution >= 0.6 is 0 Å². The third-order valence-electron chi connectivity index (χ3n) is 2.19. The number of carboxylic acids is 2. The molecule has 104 valence electrons. The molecule has 0 amide bonds. The van der Waals surface area contributed by atoms with Crippen LogP contribution in [0.25, 0.3) is 0 Å². The molecule has 0 aliphatic carbocycles. The molecule has 0 unspecified atom stereocenters. The van der Waals surface area contributed by atoms with Crippen LogP contribution < -0.4 is 4.74 Å². The van der Waals surface area contributed by atoms with Crippen molar-refractivity contribution in [1.82, 2.24) is 0 Å². The van der Waals surface area contributed by atoms with Gasteiger partial charge in [-0.3, -0.25) is 0 Å². The number of aliphatic hydroxyl groups excluding tert-OH is 1. The standard InChI is InChI=1S/C12H14O7/c13-4-5-18-6-7-19-10-8(11(14)15)2-1-3-9(10)12(16)17/h1-3,13H,4-7H2,(H,14,15)(H,16,17). The minimum absolute atomic E-state index is 0.00935. The van der Waals surface area contributed by atoms with E-state index in [1.54, 1.807) is 0 Å². The minimum atomic E-state index is -1.27. The second kappa shape index (κ2) is 7.34. The summed E-state index contributed by atoms with van der Waals surface area (Å²) in [6, 6.07) is 3.86. The molecule has 0 heterocycles. The summed E-state index contributed by atoms with van der Waals surface area (Å²) in [6.45, 7) is 0.111. The molecular weight excluding hydrogens is 256 g/mol. The molecule has 0 aromatic heterocycles. The van der Waals surface area contributed by atoms with Crippen molar-refractivity contribution in [1.29, 1.82) is 0 Å². The van der Waals surface area contributed by atoms with Crippen LogP contribution in [0.4, 0.5) is 0 Å². The van der Waals surface area contributed by atoms with Crippen LogP contribution in [0, 0.1) is 0 Å². The van der Waals surface area contributed by atoms with E-state index in [1.807, 2.05) is 0 Å². The van der Waals surface area contributed by atoms with E-state index in [0.717, 1.165) is 0 Å². The molecular formula is C12H14O7. The summed E-state index contributed by atoms with van der Waals surface area (Å²) in [5, 5.41) is 26.4. The van der Waals surface area contributed by atoms with Gasteiger partial charge in [0.25, 0.3) is 0 Å². The molecule has 0 aliphatic rings. The van der Waals surface area contributed by atoms with Gasteiger partial charge in [-0.2, -0.15) is 0 Å². The Kier molecular flexibility index (Phi) is 5.77. The maximum atomic E-state index is 11.0. The van der Waals surface area contributed by atoms with Crippen molar-refractivity contribution in [3.63, 3.8) is 0 Å². The number of para-hydroxylation sites is 1. The number of rotatable bonds is 8. The fourth-order valence-electron chi connectivity index (χ4n) is 1.40. The molecule has 0 radical (unpaired) electrons. The highest BCUT2D eigenvalue weighted by atomic mass is 16.5. The zero-order valence-electron chi connectivity index (χ0n) is 10.0. The molecule has 0 spiro atoms. The van der Waals surface area contributed by atoms with Gasteiger partial charge in [0.2, 0.25) is 0 Å². The van der Waals surface area contributed by atoms with Crippen LogP contribution in [0.3, 0.4) is 0 Å². The monoisotopic (exact) mass is 270 g/mol. The number of aliphatic hydroxyl groups is 1. The number of carbonyl (C=O) groups is 2. The molecule has 19 heavy (non-hydrogen) atoms. The first-order valence-electron chi connectivity index (χ1n) is 5.49. The number of ether oxygens (including phenoxy) is 2. The molecule has 1 rings (SSSR count). The van der Waals surface area contributed by atoms with E-state index in [4.69, 9.17) is 24.8 Å². The second-order valence-electron chi connectivity index (χ2n) is 3.48. The maximum Gasteiger partial charge on any atom is 0.339 e. The zero-order chi connectivity index (χ0) is 14.3. The molecule has 1 aromatic carbocycles. The third-order valence-corrected chi connectivity index (χ3v) is 2.19. The Morgan fingerprint density at radius 2 is 1.58 bits per heavy atom. The molecule has 0 saturated carbocycles. The van der Waals surface area contributed by atoms with Crippen molar-refractivity contribution in [3.8, 4) is 5.75 Å². The lowest BCUT2D eigenvalue weighted by Gasteiger charge is -2.11. The highest BCUT2D eigenvalue weighted by molar-refractivity contribution is 5.98. The average Bonchev–Trinajstić information content (AvgIpc) is 2.38. The Morgan fingerprint density at radius 3 is 2.05 bits per heavy atom. The Hall–Kier alpha value is -2.12. The highest BCUT2D eigenvalue weighted by Crippen LogP contribution is 2.24. The van der Waals surface area contributed by atoms with Gasteiger partial charge in [0.1, 0.15) is 23.5 Å². The Balaban J connectivity index is 2.83. The fraction of sp³-hybridized carbons (Fsp3) is 0.333. The number of hydrogen-bond acceptors (Lipinski definition) is 5. The summed E-state index contributed by atoms with van der Waals surface area (Å²) in [5.74, 6) is -2.74. The summed E-state index contributed by atoms with van der Waals surface area (Å²) in [4.78, 5) is 22.0. The van der Waals surface area contributed by atoms with Crippen molar-refractivity contribution in [2.24, 2.45) is 0 Å². The van der Waals surface area contributed by atoms with Crippen LogP contribution in [0.2, 0.25) is 0 Å². The van der Waals surface area contributed by atoms with E-state index >= 15 is 0 Å². The molecule has 0 atom stereocenters. The van der Waals surface area contributed by atoms with Gasteiger partial charge in [-0.25, -0.2) is 9.59 Å². The van der Waals surface area contributed by atoms with Crippen molar-refractivity contribution < 1.29 is 34.4 Å². The van der Waals surface area contributed by atoms with E-state index in [0.29, 0.717) is 0 Å². The summed E-state index contributed by atoms with van der Waals surface area (Å²) in [5.41, 5.74) is -0.441. The number of benzene rings is 1. The molecule has 0 saturated heterocycles. The van der Waals surface area contributed by atoms with E-state index in [2.05, 4.69) is 0 Å². The van der Waals surface area contributed by atoms with E-state index in [9.17, 15) is 9.59 Å². The molecule has 7 heteroatoms. The lowest BCUT2D eigenvalue weighted by molar-refractivity contribution is 0.0638. The highest BCUT2D eigenvalue weighted by Gasteiger charge is 2.19. The molecule has 7 nitrogen and oxygen atoms in total. The summed E-state index contributed by atoms with van der Waals surface area (Å²) >= 11 is 0. The normalized spacial score (nSPS) is 10.2. The van der Waals surface area contributed by atoms with E-state index < -0.39 is 11.9 Å². The average molecular weight is 270 g/mol. The fourth-order valence-corrected chi connectivity index (χ4v) is 1.40. The summed E-state index contributed by atoms with van der Waals surface area (Å²) < 4.78 is 10.1. The van der Waals surface area contributed by atoms with Crippen LogP contribution in [0.1, 0.15) is 20.7 Å². The van der Waals surface area contributed by atoms with Crippen LogP contribution in [0.15, 0.2) is 18.2 Å². The molecule has 0 fully saturated rings. The van der Waals surface area contributed by atoms with Gasteiger partial charge in [0, 0.05) is 0 Å². The van der Waals surface area contributed by atoms with Gasteiger partial charge in [-0.05, 0) is 12.1 Å². The Bertz CT molecular complexity index is 423. The van der Waals surface area contributed by atoms with Gasteiger partial charge >= 0.3 is 11.9 Å². The second-order valence-corrected chi connectivity index (χ2v) is 3.48. The SMILES string of the molecule is O=C(O)c1cccc(C(=O)O)c1OCCOCCO. The lowest BCUT2D eigenvalue weighted by atomic mass is 10.1. The van der Waals surface area contributed by atoms with Gasteiger partial charge in [0.05, 0.1) is 19.8 Å². The molecule has 0 aliphatic heterocycles. The molecule has 1 aromatic rings. The number of carboxylic acid groups (broad SMARTS) is 2. The first-order chi connectivity index (χ1) is 9.07. The van der Waals surface area contributed by atoms with Gasteiger partial charge < -0.3 is 24.8 Å². The minimum Gasteiger partial charge on any atom is -0.489 e. The Morgan fingerprint density at radius 1 is 1.00 bits per heavy atom. The molecule has 3 N–H and O–H groups in total. The van der Waals surface area contributed by atoms with Crippen molar-refractivity contribution >= 4 is 11.9 Å². The lowest BCUT2D eigenvalue weighted by Crippen LogP contribution is -2.14. The van der Waals surface area contributed by atoms with Crippen LogP contribution in [-0.2, 0) is 4.74 Å². The predicted molar refractivity (Wildman–Crippen MR) is 63.8 cm³/mol. The molecule has 0 bridgehead atoms. The number of aromatic carboxylic acids is 2. The first-order valence-corrected chi connectivity index (χ1v) is 5.49. The Labute approximate surface area is 109 Å². The van der Waals surface area contributed by atoms with Crippen molar-refractivity contribution in [2.45, 2.75) is 0 Å². The first kappa shape index (κ1) is 14.9. The topological polar surface area (TPSA) is 113 Å². The van der Waals surface area contributed by atoms with E-state index in [1.165, 1.54) is 18.2 Å². The largest absolute Gasteiger partial charge is 0.489 e. The van der Waals surface area contributed by atoms with Gasteiger partial charge in [-0.1, -0.05) is 6.07 Å². The van der Waals surface area contributed by atoms with Gasteiger partial charge in [0.15, 0.2) is 0 Å². The smallest absolute Gasteiger partial charge is 0.339 e. The predicted octanol–water partition coefficient (Wildman–Crippen LogP) is 0.471. The van der Waals surface area contributed by atoms with Gasteiger partial charge in [-0.15, -0.1) is 0 Å².